The maximum absolute atomic E-state index is 13.3. The fourth-order valence-corrected chi connectivity index (χ4v) is 9.81. The van der Waals surface area contributed by atoms with E-state index in [0.717, 1.165) is 32.1 Å². The van der Waals surface area contributed by atoms with Crippen molar-refractivity contribution in [1.29, 1.82) is 0 Å². The largest absolute Gasteiger partial charge is 0.777 e. The molecule has 0 aliphatic carbocycles. The van der Waals surface area contributed by atoms with Crippen molar-refractivity contribution in [2.24, 2.45) is 0 Å². The Kier molecular flexibility index (Phi) is 31.3. The fraction of sp³-hybridized carbons (Fsp3) is 0.898. The van der Waals surface area contributed by atoms with Crippen LogP contribution in [0.5, 0.6) is 0 Å². The summed E-state index contributed by atoms with van der Waals surface area (Å²) in [5, 5.41) is 21.8. The Labute approximate surface area is 382 Å². The highest BCUT2D eigenvalue weighted by atomic mass is 31.2. The molecular weight excluding hydrogens is 818 g/mol. The molecule has 2 aromatic heterocycles. The van der Waals surface area contributed by atoms with Gasteiger partial charge in [-0.2, -0.15) is 0 Å². The Balaban J connectivity index is 1.32. The minimum absolute atomic E-state index is 0.00926. The van der Waals surface area contributed by atoms with E-state index in [1.807, 2.05) is 0 Å². The summed E-state index contributed by atoms with van der Waals surface area (Å²) < 4.78 is 38.2. The van der Waals surface area contributed by atoms with E-state index in [9.17, 15) is 19.7 Å². The van der Waals surface area contributed by atoms with Gasteiger partial charge in [-0.1, -0.05) is 206 Å². The number of anilines is 1. The average Bonchev–Trinajstić information content (AvgIpc) is 3.89. The van der Waals surface area contributed by atoms with Crippen molar-refractivity contribution in [3.05, 3.63) is 12.7 Å². The number of aromatic nitrogens is 4. The predicted molar refractivity (Wildman–Crippen MR) is 253 cm³/mol. The Morgan fingerprint density at radius 3 is 1.62 bits per heavy atom. The predicted octanol–water partition coefficient (Wildman–Crippen LogP) is 11.9. The maximum atomic E-state index is 13.3. The first kappa shape index (κ1) is 55.6. The first-order valence-corrected chi connectivity index (χ1v) is 27.5. The Morgan fingerprint density at radius 1 is 0.698 bits per heavy atom. The minimum atomic E-state index is -4.92. The lowest BCUT2D eigenvalue weighted by atomic mass is 10.0. The van der Waals surface area contributed by atoms with E-state index in [-0.39, 0.29) is 25.5 Å². The van der Waals surface area contributed by atoms with Gasteiger partial charge in [0.25, 0.3) is 0 Å². The standard InChI is InChI=1S/C49H92N5O8P/c1-3-5-7-9-11-13-15-17-19-21-23-25-27-29-31-33-35-59-38-42(60-36-34-32-30-28-26-24-22-20-18-16-14-12-10-8-6-4-2)39-61-63(57,58)49(56)46-43(55)37-44(62-46)54-41-53-45-47(50)51-40-52-48(45)54/h40-44,46,49,55-56H,3-39H2,1-2H3,(H,57,58)(H2,50,51,52)/p-1/t42?,43-,44+,46-,49?/m0/s1. The molecule has 0 saturated carbocycles. The van der Waals surface area contributed by atoms with Crippen molar-refractivity contribution in [2.75, 3.05) is 32.2 Å². The van der Waals surface area contributed by atoms with Gasteiger partial charge in [0.1, 0.15) is 36.1 Å². The van der Waals surface area contributed by atoms with Crippen LogP contribution in [0.3, 0.4) is 0 Å². The summed E-state index contributed by atoms with van der Waals surface area (Å²) in [5.41, 5.74) is 6.65. The number of ether oxygens (including phenoxy) is 3. The molecule has 13 nitrogen and oxygen atoms in total. The summed E-state index contributed by atoms with van der Waals surface area (Å²) in [5.74, 6) is -1.91. The summed E-state index contributed by atoms with van der Waals surface area (Å²) in [6.07, 6.45) is 40.0. The summed E-state index contributed by atoms with van der Waals surface area (Å²) in [4.78, 5) is 25.7. The molecule has 6 atom stereocenters. The monoisotopic (exact) mass is 909 g/mol. The molecule has 0 radical (unpaired) electrons. The molecule has 366 valence electrons. The normalized spacial score (nSPS) is 18.7. The zero-order valence-electron chi connectivity index (χ0n) is 39.9. The van der Waals surface area contributed by atoms with Crippen LogP contribution < -0.4 is 10.6 Å². The molecule has 1 aliphatic rings. The van der Waals surface area contributed by atoms with E-state index in [1.165, 1.54) is 186 Å². The van der Waals surface area contributed by atoms with Crippen LogP contribution in [0.25, 0.3) is 11.2 Å². The van der Waals surface area contributed by atoms with Gasteiger partial charge in [-0.05, 0) is 12.8 Å². The van der Waals surface area contributed by atoms with Gasteiger partial charge in [-0.25, -0.2) is 15.0 Å². The molecule has 0 bridgehead atoms. The zero-order valence-corrected chi connectivity index (χ0v) is 40.8. The van der Waals surface area contributed by atoms with Crippen LogP contribution in [0, 0.1) is 0 Å². The summed E-state index contributed by atoms with van der Waals surface area (Å²) in [6, 6.07) is 0. The number of aliphatic hydroxyl groups excluding tert-OH is 2. The summed E-state index contributed by atoms with van der Waals surface area (Å²) >= 11 is 0. The third kappa shape index (κ3) is 24.1. The second-order valence-corrected chi connectivity index (χ2v) is 20.2. The second kappa shape index (κ2) is 35.5. The van der Waals surface area contributed by atoms with Crippen LogP contribution in [-0.4, -0.2) is 80.3 Å². The Hall–Kier alpha value is -1.70. The highest BCUT2D eigenvalue weighted by Crippen LogP contribution is 2.48. The van der Waals surface area contributed by atoms with E-state index in [4.69, 9.17) is 24.5 Å². The number of rotatable bonds is 43. The quantitative estimate of drug-likeness (QED) is 0.0423. The molecule has 0 spiro atoms. The number of fused-ring (bicyclic) bond motifs is 1. The van der Waals surface area contributed by atoms with Crippen molar-refractivity contribution < 1.29 is 38.4 Å². The van der Waals surface area contributed by atoms with Crippen molar-refractivity contribution >= 4 is 24.6 Å². The molecule has 4 N–H and O–H groups in total. The zero-order chi connectivity index (χ0) is 45.2. The number of nitrogens with zero attached hydrogens (tertiary/aromatic N) is 4. The minimum Gasteiger partial charge on any atom is -0.777 e. The number of nitrogen functional groups attached to an aromatic ring is 1. The highest BCUT2D eigenvalue weighted by Gasteiger charge is 2.44. The van der Waals surface area contributed by atoms with Crippen LogP contribution in [0.15, 0.2) is 12.7 Å². The molecule has 1 aliphatic heterocycles. The van der Waals surface area contributed by atoms with Gasteiger partial charge in [-0.3, -0.25) is 4.57 Å². The average molecular weight is 909 g/mol. The molecular formula is C49H91N5O8P-. The van der Waals surface area contributed by atoms with E-state index in [1.54, 1.807) is 4.57 Å². The summed E-state index contributed by atoms with van der Waals surface area (Å²) in [7, 11) is -4.92. The lowest BCUT2D eigenvalue weighted by molar-refractivity contribution is -0.217. The molecule has 3 rings (SSSR count). The van der Waals surface area contributed by atoms with Gasteiger partial charge in [0, 0.05) is 19.6 Å². The molecule has 63 heavy (non-hydrogen) atoms. The number of hydrogen-bond acceptors (Lipinski definition) is 12. The topological polar surface area (TPSA) is 187 Å². The SMILES string of the molecule is CCCCCCCCCCCCCCCCCCOCC(COP(=O)([O-])C(O)[C@H]1O[C@@H](n2cnc3c(N)ncnc32)C[C@@H]1O)OCCCCCCCCCCCCCCCCCC. The smallest absolute Gasteiger partial charge is 0.167 e. The third-order valence-electron chi connectivity index (χ3n) is 12.7. The van der Waals surface area contributed by atoms with Crippen molar-refractivity contribution in [1.82, 2.24) is 19.5 Å². The Bertz CT molecular complexity index is 1440. The number of nitrogens with two attached hydrogens (primary N) is 1. The van der Waals surface area contributed by atoms with Gasteiger partial charge in [0.05, 0.1) is 25.6 Å². The molecule has 2 aromatic rings. The Morgan fingerprint density at radius 2 is 1.14 bits per heavy atom. The van der Waals surface area contributed by atoms with Gasteiger partial charge in [0.2, 0.25) is 0 Å². The number of hydrogen-bond donors (Lipinski definition) is 3. The fourth-order valence-electron chi connectivity index (χ4n) is 8.65. The van der Waals surface area contributed by atoms with Crippen LogP contribution >= 0.6 is 7.60 Å². The highest BCUT2D eigenvalue weighted by molar-refractivity contribution is 7.52. The van der Waals surface area contributed by atoms with Crippen molar-refractivity contribution in [2.45, 2.75) is 256 Å². The molecule has 1 fully saturated rings. The van der Waals surface area contributed by atoms with Crippen molar-refractivity contribution in [3.63, 3.8) is 0 Å². The van der Waals surface area contributed by atoms with Gasteiger partial charge in [0.15, 0.2) is 19.1 Å². The third-order valence-corrected chi connectivity index (χ3v) is 14.1. The van der Waals surface area contributed by atoms with E-state index < -0.39 is 38.0 Å². The number of imidazole rings is 1. The second-order valence-electron chi connectivity index (χ2n) is 18.4. The molecule has 0 aromatic carbocycles. The lowest BCUT2D eigenvalue weighted by Gasteiger charge is -2.33. The molecule has 3 unspecified atom stereocenters. The molecule has 0 amide bonds. The maximum Gasteiger partial charge on any atom is 0.167 e. The van der Waals surface area contributed by atoms with Gasteiger partial charge < -0.3 is 44.1 Å². The van der Waals surface area contributed by atoms with E-state index in [2.05, 4.69) is 28.8 Å². The summed E-state index contributed by atoms with van der Waals surface area (Å²) in [6.45, 7) is 5.47. The van der Waals surface area contributed by atoms with Crippen LogP contribution in [-0.2, 0) is 23.3 Å². The molecule has 3 heterocycles. The van der Waals surface area contributed by atoms with Crippen LogP contribution in [0.2, 0.25) is 0 Å². The molecule has 1 saturated heterocycles. The number of aliphatic hydroxyl groups is 2. The van der Waals surface area contributed by atoms with Crippen LogP contribution in [0.4, 0.5) is 5.82 Å². The van der Waals surface area contributed by atoms with Crippen LogP contribution in [0.1, 0.15) is 232 Å². The lowest BCUT2D eigenvalue weighted by Crippen LogP contribution is -2.38. The first-order valence-electron chi connectivity index (χ1n) is 25.9. The van der Waals surface area contributed by atoms with E-state index >= 15 is 0 Å². The number of unbranched alkanes of at least 4 members (excludes halogenated alkanes) is 30. The molecule has 14 heteroatoms. The van der Waals surface area contributed by atoms with Crippen molar-refractivity contribution in [3.8, 4) is 0 Å². The van der Waals surface area contributed by atoms with E-state index in [0.29, 0.717) is 24.4 Å². The van der Waals surface area contributed by atoms with Gasteiger partial charge in [-0.15, -0.1) is 0 Å². The van der Waals surface area contributed by atoms with Gasteiger partial charge >= 0.3 is 0 Å². The first-order chi connectivity index (χ1) is 30.8.